The SMILES string of the molecule is Cc1cc(N(C)C2CCC2)ccn1. The summed E-state index contributed by atoms with van der Waals surface area (Å²) in [7, 11) is 2.18. The summed E-state index contributed by atoms with van der Waals surface area (Å²) in [6.45, 7) is 2.04. The van der Waals surface area contributed by atoms with Crippen LogP contribution in [-0.2, 0) is 0 Å². The van der Waals surface area contributed by atoms with Gasteiger partial charge in [0.25, 0.3) is 0 Å². The second-order valence-electron chi connectivity index (χ2n) is 3.85. The number of hydrogen-bond acceptors (Lipinski definition) is 2. The summed E-state index contributed by atoms with van der Waals surface area (Å²) in [6.07, 6.45) is 5.97. The lowest BCUT2D eigenvalue weighted by Gasteiger charge is -2.36. The molecule has 0 radical (unpaired) electrons. The van der Waals surface area contributed by atoms with Crippen LogP contribution in [0.15, 0.2) is 18.3 Å². The maximum absolute atomic E-state index is 4.20. The highest BCUT2D eigenvalue weighted by Crippen LogP contribution is 2.27. The number of aryl methyl sites for hydroxylation is 1. The van der Waals surface area contributed by atoms with Crippen molar-refractivity contribution in [3.63, 3.8) is 0 Å². The Bertz CT molecular complexity index is 292. The Morgan fingerprint density at radius 2 is 2.23 bits per heavy atom. The van der Waals surface area contributed by atoms with Crippen molar-refractivity contribution in [1.29, 1.82) is 0 Å². The van der Waals surface area contributed by atoms with Crippen LogP contribution in [0.3, 0.4) is 0 Å². The van der Waals surface area contributed by atoms with Crippen molar-refractivity contribution in [3.8, 4) is 0 Å². The first kappa shape index (κ1) is 8.54. The monoisotopic (exact) mass is 176 g/mol. The molecule has 0 amide bonds. The van der Waals surface area contributed by atoms with E-state index >= 15 is 0 Å². The van der Waals surface area contributed by atoms with E-state index in [-0.39, 0.29) is 0 Å². The van der Waals surface area contributed by atoms with Crippen LogP contribution in [0.1, 0.15) is 25.0 Å². The molecular weight excluding hydrogens is 160 g/mol. The summed E-state index contributed by atoms with van der Waals surface area (Å²) < 4.78 is 0. The standard InChI is InChI=1S/C11H16N2/c1-9-8-11(6-7-12-9)13(2)10-4-3-5-10/h6-8,10H,3-5H2,1-2H3. The number of nitrogens with zero attached hydrogens (tertiary/aromatic N) is 2. The van der Waals surface area contributed by atoms with Gasteiger partial charge in [-0.3, -0.25) is 4.98 Å². The molecule has 0 spiro atoms. The highest BCUT2D eigenvalue weighted by atomic mass is 15.1. The molecule has 1 aliphatic carbocycles. The summed E-state index contributed by atoms with van der Waals surface area (Å²) in [5.41, 5.74) is 2.40. The molecule has 1 saturated carbocycles. The van der Waals surface area contributed by atoms with Gasteiger partial charge in [0, 0.05) is 30.7 Å². The van der Waals surface area contributed by atoms with Crippen molar-refractivity contribution < 1.29 is 0 Å². The smallest absolute Gasteiger partial charge is 0.0399 e. The van der Waals surface area contributed by atoms with E-state index < -0.39 is 0 Å². The molecular formula is C11H16N2. The van der Waals surface area contributed by atoms with Crippen LogP contribution in [0.4, 0.5) is 5.69 Å². The zero-order valence-corrected chi connectivity index (χ0v) is 8.33. The topological polar surface area (TPSA) is 16.1 Å². The van der Waals surface area contributed by atoms with Gasteiger partial charge in [-0.1, -0.05) is 0 Å². The predicted octanol–water partition coefficient (Wildman–Crippen LogP) is 2.38. The second kappa shape index (κ2) is 3.36. The number of pyridine rings is 1. The Kier molecular flexibility index (Phi) is 2.21. The zero-order valence-electron chi connectivity index (χ0n) is 8.33. The molecule has 2 heteroatoms. The minimum atomic E-state index is 0.766. The summed E-state index contributed by atoms with van der Waals surface area (Å²) in [6, 6.07) is 5.01. The van der Waals surface area contributed by atoms with Crippen molar-refractivity contribution in [2.24, 2.45) is 0 Å². The normalized spacial score (nSPS) is 16.8. The second-order valence-corrected chi connectivity index (χ2v) is 3.85. The fourth-order valence-electron chi connectivity index (χ4n) is 1.73. The molecule has 0 bridgehead atoms. The van der Waals surface area contributed by atoms with E-state index in [1.165, 1.54) is 24.9 Å². The van der Waals surface area contributed by atoms with Gasteiger partial charge in [0.1, 0.15) is 0 Å². The van der Waals surface area contributed by atoms with Gasteiger partial charge in [-0.2, -0.15) is 0 Å². The van der Waals surface area contributed by atoms with E-state index in [0.29, 0.717) is 0 Å². The zero-order chi connectivity index (χ0) is 9.26. The molecule has 1 fully saturated rings. The van der Waals surface area contributed by atoms with Crippen molar-refractivity contribution in [2.45, 2.75) is 32.2 Å². The van der Waals surface area contributed by atoms with Crippen molar-refractivity contribution in [1.82, 2.24) is 4.98 Å². The minimum absolute atomic E-state index is 0.766. The number of aromatic nitrogens is 1. The van der Waals surface area contributed by atoms with Gasteiger partial charge in [0.05, 0.1) is 0 Å². The highest BCUT2D eigenvalue weighted by Gasteiger charge is 2.21. The van der Waals surface area contributed by atoms with Gasteiger partial charge in [0.15, 0.2) is 0 Å². The average Bonchev–Trinajstić information content (AvgIpc) is 2.01. The van der Waals surface area contributed by atoms with Gasteiger partial charge >= 0.3 is 0 Å². The van der Waals surface area contributed by atoms with Crippen LogP contribution in [0.25, 0.3) is 0 Å². The molecule has 1 aromatic heterocycles. The summed E-state index contributed by atoms with van der Waals surface area (Å²) in [4.78, 5) is 6.57. The van der Waals surface area contributed by atoms with Crippen LogP contribution >= 0.6 is 0 Å². The molecule has 0 unspecified atom stereocenters. The lowest BCUT2D eigenvalue weighted by atomic mass is 9.91. The summed E-state index contributed by atoms with van der Waals surface area (Å²) >= 11 is 0. The van der Waals surface area contributed by atoms with E-state index in [2.05, 4.69) is 29.1 Å². The van der Waals surface area contributed by atoms with Crippen LogP contribution in [-0.4, -0.2) is 18.1 Å². The fraction of sp³-hybridized carbons (Fsp3) is 0.545. The molecule has 2 rings (SSSR count). The number of rotatable bonds is 2. The molecule has 13 heavy (non-hydrogen) atoms. The minimum Gasteiger partial charge on any atom is -0.372 e. The molecule has 0 atom stereocenters. The van der Waals surface area contributed by atoms with Crippen molar-refractivity contribution in [3.05, 3.63) is 24.0 Å². The highest BCUT2D eigenvalue weighted by molar-refractivity contribution is 5.46. The van der Waals surface area contributed by atoms with E-state index in [1.54, 1.807) is 0 Å². The van der Waals surface area contributed by atoms with Crippen molar-refractivity contribution in [2.75, 3.05) is 11.9 Å². The molecule has 0 N–H and O–H groups in total. The van der Waals surface area contributed by atoms with Crippen LogP contribution < -0.4 is 4.90 Å². The largest absolute Gasteiger partial charge is 0.372 e. The Morgan fingerprint density at radius 1 is 1.46 bits per heavy atom. The molecule has 1 aromatic rings. The molecule has 2 nitrogen and oxygen atoms in total. The molecule has 70 valence electrons. The summed E-state index contributed by atoms with van der Waals surface area (Å²) in [5, 5.41) is 0. The third kappa shape index (κ3) is 1.67. The first-order chi connectivity index (χ1) is 6.27. The van der Waals surface area contributed by atoms with Crippen LogP contribution in [0, 0.1) is 6.92 Å². The Hall–Kier alpha value is -1.05. The third-order valence-corrected chi connectivity index (χ3v) is 2.91. The number of hydrogen-bond donors (Lipinski definition) is 0. The van der Waals surface area contributed by atoms with Crippen molar-refractivity contribution >= 4 is 5.69 Å². The van der Waals surface area contributed by atoms with Crippen LogP contribution in [0.5, 0.6) is 0 Å². The molecule has 1 aliphatic rings. The molecule has 0 aliphatic heterocycles. The molecule has 1 heterocycles. The fourth-order valence-corrected chi connectivity index (χ4v) is 1.73. The van der Waals surface area contributed by atoms with Crippen LogP contribution in [0.2, 0.25) is 0 Å². The predicted molar refractivity (Wildman–Crippen MR) is 55.0 cm³/mol. The van der Waals surface area contributed by atoms with Gasteiger partial charge < -0.3 is 4.90 Å². The average molecular weight is 176 g/mol. The van der Waals surface area contributed by atoms with E-state index in [0.717, 1.165) is 11.7 Å². The third-order valence-electron chi connectivity index (χ3n) is 2.91. The van der Waals surface area contributed by atoms with Gasteiger partial charge in [-0.25, -0.2) is 0 Å². The first-order valence-electron chi connectivity index (χ1n) is 4.93. The number of anilines is 1. The van der Waals surface area contributed by atoms with E-state index in [4.69, 9.17) is 0 Å². The van der Waals surface area contributed by atoms with E-state index in [1.807, 2.05) is 13.1 Å². The Labute approximate surface area is 79.6 Å². The molecule has 0 aromatic carbocycles. The Balaban J connectivity index is 2.14. The van der Waals surface area contributed by atoms with Gasteiger partial charge in [-0.05, 0) is 38.3 Å². The Morgan fingerprint density at radius 3 is 2.77 bits per heavy atom. The maximum atomic E-state index is 4.20. The first-order valence-corrected chi connectivity index (χ1v) is 4.93. The lowest BCUT2D eigenvalue weighted by Crippen LogP contribution is -2.37. The quantitative estimate of drug-likeness (QED) is 0.687. The molecule has 0 saturated heterocycles. The van der Waals surface area contributed by atoms with Gasteiger partial charge in [-0.15, -0.1) is 0 Å². The summed E-state index contributed by atoms with van der Waals surface area (Å²) in [5.74, 6) is 0. The maximum Gasteiger partial charge on any atom is 0.0399 e. The van der Waals surface area contributed by atoms with Gasteiger partial charge in [0.2, 0.25) is 0 Å². The van der Waals surface area contributed by atoms with E-state index in [9.17, 15) is 0 Å². The lowest BCUT2D eigenvalue weighted by molar-refractivity contribution is 0.401.